The van der Waals surface area contributed by atoms with Gasteiger partial charge in [0.05, 0.1) is 11.2 Å². The molecule has 8 heteroatoms. The number of unbranched alkanes of at least 4 members (excludes halogenated alkanes) is 14. The van der Waals surface area contributed by atoms with Gasteiger partial charge in [0.2, 0.25) is 0 Å². The van der Waals surface area contributed by atoms with E-state index in [4.69, 9.17) is 9.47 Å². The van der Waals surface area contributed by atoms with E-state index in [1.165, 1.54) is 44.9 Å². The van der Waals surface area contributed by atoms with Gasteiger partial charge < -0.3 is 29.9 Å². The third-order valence-corrected chi connectivity index (χ3v) is 16.6. The van der Waals surface area contributed by atoms with Crippen LogP contribution in [0.3, 0.4) is 0 Å². The van der Waals surface area contributed by atoms with E-state index in [1.807, 2.05) is 128 Å². The van der Waals surface area contributed by atoms with Crippen molar-refractivity contribution in [2.45, 2.75) is 285 Å². The van der Waals surface area contributed by atoms with Crippen LogP contribution in [0.5, 0.6) is 0 Å². The number of esters is 2. The van der Waals surface area contributed by atoms with E-state index in [-0.39, 0.29) is 24.8 Å². The molecule has 0 aliphatic heterocycles. The molecule has 4 N–H and O–H groups in total. The van der Waals surface area contributed by atoms with Crippen LogP contribution < -0.4 is 0 Å². The highest BCUT2D eigenvalue weighted by Crippen LogP contribution is 2.52. The normalized spacial score (nSPS) is 26.0. The zero-order valence-corrected chi connectivity index (χ0v) is 53.7. The second-order valence-corrected chi connectivity index (χ2v) is 25.5. The number of allylic oxidation sites excluding steroid dienone is 24. The first-order valence-corrected chi connectivity index (χ1v) is 31.8. The van der Waals surface area contributed by atoms with Gasteiger partial charge in [0.25, 0.3) is 0 Å². The smallest absolute Gasteiger partial charge is 0.306 e. The van der Waals surface area contributed by atoms with Gasteiger partial charge in [0.1, 0.15) is 23.4 Å². The number of aliphatic hydroxyl groups is 4. The zero-order chi connectivity index (χ0) is 61.0. The van der Waals surface area contributed by atoms with Crippen molar-refractivity contribution in [1.82, 2.24) is 0 Å². The van der Waals surface area contributed by atoms with Crippen LogP contribution in [0.4, 0.5) is 0 Å². The Kier molecular flexibility index (Phi) is 35.0. The predicted molar refractivity (Wildman–Crippen MR) is 347 cm³/mol. The molecule has 6 atom stereocenters. The lowest BCUT2D eigenvalue weighted by molar-refractivity contribution is -0.223. The maximum Gasteiger partial charge on any atom is 0.306 e. The molecule has 0 bridgehead atoms. The Bertz CT molecular complexity index is 2240. The SMILES string of the molecule is CC/C=C\C/C=C\C/C=C\CCCCCCCC(=O)O[C@H]1CC(C)(C)[C@](O)(/C=C/C(C)=C/C=C/C(C)=C/C=C/C=C(C)/C=C/C=C(C)/C=C/[C@@]2(O)C(C)(C)C[C@H](OC(=O)CCCCCCC/C=C\CCCCCC)C[C@@]2(C)O)[C@](C)(O)C1. The van der Waals surface area contributed by atoms with Crippen LogP contribution in [-0.2, 0) is 19.1 Å². The molecule has 2 saturated carbocycles. The Morgan fingerprint density at radius 1 is 0.415 bits per heavy atom. The lowest BCUT2D eigenvalue weighted by Gasteiger charge is -2.55. The zero-order valence-electron chi connectivity index (χ0n) is 53.7. The van der Waals surface area contributed by atoms with E-state index in [9.17, 15) is 30.0 Å². The van der Waals surface area contributed by atoms with Crippen LogP contribution in [0.2, 0.25) is 0 Å². The number of ether oxygens (including phenoxy) is 2. The summed E-state index contributed by atoms with van der Waals surface area (Å²) in [6.07, 6.45) is 68.1. The van der Waals surface area contributed by atoms with Gasteiger partial charge in [-0.15, -0.1) is 0 Å². The van der Waals surface area contributed by atoms with Crippen molar-refractivity contribution in [1.29, 1.82) is 0 Å². The van der Waals surface area contributed by atoms with Crippen LogP contribution in [0.15, 0.2) is 156 Å². The van der Waals surface area contributed by atoms with Crippen molar-refractivity contribution < 1.29 is 39.5 Å². The van der Waals surface area contributed by atoms with Gasteiger partial charge in [-0.1, -0.05) is 243 Å². The third-order valence-electron chi connectivity index (χ3n) is 16.6. The Balaban J connectivity index is 1.81. The van der Waals surface area contributed by atoms with Crippen LogP contribution in [0, 0.1) is 10.8 Å². The summed E-state index contributed by atoms with van der Waals surface area (Å²) in [6, 6.07) is 0. The summed E-state index contributed by atoms with van der Waals surface area (Å²) in [5, 5.41) is 47.4. The fourth-order valence-corrected chi connectivity index (χ4v) is 11.4. The largest absolute Gasteiger partial charge is 0.462 e. The van der Waals surface area contributed by atoms with Gasteiger partial charge in [-0.25, -0.2) is 0 Å². The molecule has 0 heterocycles. The molecule has 8 nitrogen and oxygen atoms in total. The van der Waals surface area contributed by atoms with E-state index in [1.54, 1.807) is 26.0 Å². The second-order valence-electron chi connectivity index (χ2n) is 25.5. The molecule has 2 aliphatic rings. The molecular weight excluding hydrogens is 1020 g/mol. The van der Waals surface area contributed by atoms with Crippen LogP contribution in [0.1, 0.15) is 250 Å². The highest BCUT2D eigenvalue weighted by molar-refractivity contribution is 5.70. The summed E-state index contributed by atoms with van der Waals surface area (Å²) in [6.45, 7) is 23.3. The van der Waals surface area contributed by atoms with E-state index in [2.05, 4.69) is 62.5 Å². The molecule has 82 heavy (non-hydrogen) atoms. The first kappa shape index (κ1) is 73.5. The van der Waals surface area contributed by atoms with Gasteiger partial charge in [-0.05, 0) is 137 Å². The number of rotatable bonds is 38. The molecule has 0 unspecified atom stereocenters. The van der Waals surface area contributed by atoms with E-state index >= 15 is 0 Å². The Morgan fingerprint density at radius 3 is 1.13 bits per heavy atom. The minimum Gasteiger partial charge on any atom is -0.462 e. The van der Waals surface area contributed by atoms with Gasteiger partial charge in [0, 0.05) is 36.5 Å². The number of hydrogen-bond donors (Lipinski definition) is 4. The fourth-order valence-electron chi connectivity index (χ4n) is 11.4. The van der Waals surface area contributed by atoms with Crippen LogP contribution >= 0.6 is 0 Å². The summed E-state index contributed by atoms with van der Waals surface area (Å²) < 4.78 is 11.8. The molecule has 0 amide bonds. The van der Waals surface area contributed by atoms with Gasteiger partial charge in [-0.2, -0.15) is 0 Å². The summed E-state index contributed by atoms with van der Waals surface area (Å²) in [4.78, 5) is 25.7. The monoisotopic (exact) mass is 1130 g/mol. The Morgan fingerprint density at radius 2 is 0.744 bits per heavy atom. The average Bonchev–Trinajstić information content (AvgIpc) is 2.38. The second kappa shape index (κ2) is 39.1. The molecule has 0 saturated heterocycles. The maximum atomic E-state index is 12.9. The molecule has 0 aromatic rings. The molecule has 2 rings (SSSR count). The molecular formula is C74H116O8. The lowest BCUT2D eigenvalue weighted by Crippen LogP contribution is -2.65. The van der Waals surface area contributed by atoms with Gasteiger partial charge in [0.15, 0.2) is 0 Å². The van der Waals surface area contributed by atoms with Crippen molar-refractivity contribution in [3.8, 4) is 0 Å². The van der Waals surface area contributed by atoms with Crippen molar-refractivity contribution in [2.75, 3.05) is 0 Å². The summed E-state index contributed by atoms with van der Waals surface area (Å²) in [5.74, 6) is -0.467. The summed E-state index contributed by atoms with van der Waals surface area (Å²) in [7, 11) is 0. The van der Waals surface area contributed by atoms with Gasteiger partial charge >= 0.3 is 11.9 Å². The van der Waals surface area contributed by atoms with Gasteiger partial charge in [-0.3, -0.25) is 9.59 Å². The standard InChI is InChI=1S/C74H116O8/c1-13-15-17-19-21-23-25-27-28-30-32-34-36-38-40-52-68(76)82-66-58-70(9,10)74(80,72(12,78)60-66)56-54-64(6)50-44-48-62(4)46-42-41-45-61(3)47-43-49-63(5)53-55-73(79)69(7,8)57-65(59-71(73,11)77)81-67(75)51-39-37-35-33-31-29-26-24-22-20-18-16-14-2/h15,17,21,23-24,26-28,41-50,53-56,65-66,77-80H,13-14,16,18-20,22,25,29-40,51-52,57-60H2,1-12H3/b17-15-,23-21-,26-24-,28-27-,42-41+,47-43+,48-44+,55-53+,56-54+,61-45+,62-46+,63-49+,64-50+/t65-,66-,71+,72+,73+,74+/m0/s1. The fraction of sp³-hybridized carbons (Fsp3) is 0.622. The van der Waals surface area contributed by atoms with Crippen molar-refractivity contribution in [2.24, 2.45) is 10.8 Å². The van der Waals surface area contributed by atoms with E-state index in [0.29, 0.717) is 25.7 Å². The molecule has 460 valence electrons. The van der Waals surface area contributed by atoms with Crippen molar-refractivity contribution >= 4 is 11.9 Å². The topological polar surface area (TPSA) is 134 Å². The molecule has 2 aliphatic carbocycles. The number of carbonyl (C=O) groups excluding carboxylic acids is 2. The Hall–Kier alpha value is -4.60. The third kappa shape index (κ3) is 27.9. The molecule has 2 fully saturated rings. The first-order chi connectivity index (χ1) is 38.8. The summed E-state index contributed by atoms with van der Waals surface area (Å²) in [5.41, 5.74) is -3.68. The number of hydrogen-bond acceptors (Lipinski definition) is 8. The lowest BCUT2D eigenvalue weighted by atomic mass is 9.57. The Labute approximate surface area is 500 Å². The quantitative estimate of drug-likeness (QED) is 0.0208. The molecule has 0 spiro atoms. The van der Waals surface area contributed by atoms with Crippen molar-refractivity contribution in [3.63, 3.8) is 0 Å². The van der Waals surface area contributed by atoms with E-state index < -0.39 is 45.4 Å². The van der Waals surface area contributed by atoms with Crippen molar-refractivity contribution in [3.05, 3.63) is 156 Å². The summed E-state index contributed by atoms with van der Waals surface area (Å²) >= 11 is 0. The molecule has 0 aromatic heterocycles. The minimum absolute atomic E-state index is 0.154. The minimum atomic E-state index is -1.54. The maximum absolute atomic E-state index is 12.9. The van der Waals surface area contributed by atoms with Crippen LogP contribution in [-0.4, -0.2) is 67.0 Å². The average molecular weight is 1130 g/mol. The highest BCUT2D eigenvalue weighted by Gasteiger charge is 2.60. The predicted octanol–water partition coefficient (Wildman–Crippen LogP) is 18.8. The molecule has 0 aromatic carbocycles. The van der Waals surface area contributed by atoms with E-state index in [0.717, 1.165) is 106 Å². The number of carbonyl (C=O) groups is 2. The first-order valence-electron chi connectivity index (χ1n) is 31.8. The highest BCUT2D eigenvalue weighted by atomic mass is 16.5. The molecule has 0 radical (unpaired) electrons. The van der Waals surface area contributed by atoms with Crippen LogP contribution in [0.25, 0.3) is 0 Å².